The van der Waals surface area contributed by atoms with E-state index in [0.717, 1.165) is 12.8 Å². The molecule has 58 valence electrons. The quantitative estimate of drug-likeness (QED) is 0.599. The number of hydrogen-bond acceptors (Lipinski definition) is 1. The van der Waals surface area contributed by atoms with Gasteiger partial charge in [0.15, 0.2) is 0 Å². The van der Waals surface area contributed by atoms with Gasteiger partial charge in [-0.1, -0.05) is 11.6 Å². The molecule has 0 saturated heterocycles. The van der Waals surface area contributed by atoms with Gasteiger partial charge in [-0.15, -0.1) is 0 Å². The van der Waals surface area contributed by atoms with Crippen molar-refractivity contribution in [3.8, 4) is 0 Å². The molecule has 0 unspecified atom stereocenters. The van der Waals surface area contributed by atoms with Gasteiger partial charge in [0.1, 0.15) is 0 Å². The zero-order chi connectivity index (χ0) is 7.82. The van der Waals surface area contributed by atoms with Crippen LogP contribution in [0.4, 0.5) is 4.39 Å². The van der Waals surface area contributed by atoms with Crippen LogP contribution in [0.25, 0.3) is 0 Å². The van der Waals surface area contributed by atoms with Crippen LogP contribution in [0, 0.1) is 0 Å². The lowest BCUT2D eigenvalue weighted by Gasteiger charge is -1.95. The SMILES string of the molecule is C/C(=C\C=C\F)CCCN. The third kappa shape index (κ3) is 5.51. The Morgan fingerprint density at radius 2 is 2.30 bits per heavy atom. The molecule has 2 heteroatoms. The molecule has 0 rings (SSSR count). The Bertz CT molecular complexity index is 127. The topological polar surface area (TPSA) is 26.0 Å². The minimum atomic E-state index is 0.534. The molecule has 0 aromatic carbocycles. The summed E-state index contributed by atoms with van der Waals surface area (Å²) in [6, 6.07) is 0. The number of halogens is 1. The van der Waals surface area contributed by atoms with Crippen molar-refractivity contribution in [3.63, 3.8) is 0 Å². The van der Waals surface area contributed by atoms with Crippen LogP contribution in [0.1, 0.15) is 19.8 Å². The lowest BCUT2D eigenvalue weighted by Crippen LogP contribution is -1.97. The number of rotatable bonds is 4. The van der Waals surface area contributed by atoms with E-state index in [1.54, 1.807) is 6.08 Å². The van der Waals surface area contributed by atoms with Crippen LogP contribution in [-0.2, 0) is 0 Å². The van der Waals surface area contributed by atoms with Crippen LogP contribution in [0.3, 0.4) is 0 Å². The fourth-order valence-corrected chi connectivity index (χ4v) is 0.665. The lowest BCUT2D eigenvalue weighted by molar-refractivity contribution is 0.721. The summed E-state index contributed by atoms with van der Waals surface area (Å²) in [5.74, 6) is 0. The molecule has 0 radical (unpaired) electrons. The van der Waals surface area contributed by atoms with Crippen molar-refractivity contribution in [2.45, 2.75) is 19.8 Å². The normalized spacial score (nSPS) is 12.9. The lowest BCUT2D eigenvalue weighted by atomic mass is 10.1. The van der Waals surface area contributed by atoms with E-state index in [-0.39, 0.29) is 0 Å². The molecule has 0 aromatic rings. The van der Waals surface area contributed by atoms with E-state index in [1.165, 1.54) is 11.6 Å². The molecule has 0 aliphatic carbocycles. The fourth-order valence-electron chi connectivity index (χ4n) is 0.665. The smallest absolute Gasteiger partial charge is 0.0866 e. The van der Waals surface area contributed by atoms with E-state index in [4.69, 9.17) is 5.73 Å². The van der Waals surface area contributed by atoms with Crippen molar-refractivity contribution < 1.29 is 4.39 Å². The van der Waals surface area contributed by atoms with Gasteiger partial charge in [-0.25, -0.2) is 4.39 Å². The third-order valence-corrected chi connectivity index (χ3v) is 1.23. The molecular weight excluding hydrogens is 129 g/mol. The van der Waals surface area contributed by atoms with Gasteiger partial charge in [0.05, 0.1) is 6.33 Å². The molecule has 0 amide bonds. The number of allylic oxidation sites excluding steroid dienone is 3. The molecule has 0 saturated carbocycles. The minimum Gasteiger partial charge on any atom is -0.330 e. The van der Waals surface area contributed by atoms with Crippen molar-refractivity contribution in [1.82, 2.24) is 0 Å². The van der Waals surface area contributed by atoms with Crippen LogP contribution in [0.5, 0.6) is 0 Å². The molecule has 0 aliphatic heterocycles. The van der Waals surface area contributed by atoms with Gasteiger partial charge in [0.25, 0.3) is 0 Å². The summed E-state index contributed by atoms with van der Waals surface area (Å²) in [5.41, 5.74) is 6.45. The van der Waals surface area contributed by atoms with Crippen molar-refractivity contribution in [3.05, 3.63) is 24.1 Å². The average Bonchev–Trinajstić information content (AvgIpc) is 1.97. The highest BCUT2D eigenvalue weighted by molar-refractivity contribution is 5.08. The Labute approximate surface area is 61.4 Å². The van der Waals surface area contributed by atoms with Gasteiger partial charge in [-0.05, 0) is 32.4 Å². The molecule has 0 atom stereocenters. The van der Waals surface area contributed by atoms with Gasteiger partial charge in [0, 0.05) is 0 Å². The van der Waals surface area contributed by atoms with Crippen molar-refractivity contribution in [1.29, 1.82) is 0 Å². The maximum absolute atomic E-state index is 11.4. The first-order valence-electron chi connectivity index (χ1n) is 3.44. The van der Waals surface area contributed by atoms with E-state index < -0.39 is 0 Å². The fraction of sp³-hybridized carbons (Fsp3) is 0.500. The zero-order valence-electron chi connectivity index (χ0n) is 6.31. The summed E-state index contributed by atoms with van der Waals surface area (Å²) >= 11 is 0. The van der Waals surface area contributed by atoms with E-state index in [1.807, 2.05) is 6.92 Å². The summed E-state index contributed by atoms with van der Waals surface area (Å²) < 4.78 is 11.4. The van der Waals surface area contributed by atoms with E-state index in [2.05, 4.69) is 0 Å². The molecule has 1 nitrogen and oxygen atoms in total. The molecule has 0 bridgehead atoms. The van der Waals surface area contributed by atoms with Crippen LogP contribution in [0.2, 0.25) is 0 Å². The summed E-state index contributed by atoms with van der Waals surface area (Å²) in [7, 11) is 0. The molecular formula is C8H14FN. The van der Waals surface area contributed by atoms with Crippen molar-refractivity contribution in [2.24, 2.45) is 5.73 Å². The zero-order valence-corrected chi connectivity index (χ0v) is 6.31. The molecule has 10 heavy (non-hydrogen) atoms. The largest absolute Gasteiger partial charge is 0.330 e. The standard InChI is InChI=1S/C8H14FN/c1-8(4-2-6-9)5-3-7-10/h2,4,6H,3,5,7,10H2,1H3/b6-2+,8-4+. The van der Waals surface area contributed by atoms with Gasteiger partial charge < -0.3 is 5.73 Å². The first-order chi connectivity index (χ1) is 4.81. The minimum absolute atomic E-state index is 0.534. The highest BCUT2D eigenvalue weighted by Gasteiger charge is 1.85. The Morgan fingerprint density at radius 3 is 2.80 bits per heavy atom. The summed E-state index contributed by atoms with van der Waals surface area (Å²) in [4.78, 5) is 0. The van der Waals surface area contributed by atoms with Crippen LogP contribution in [0.15, 0.2) is 24.1 Å². The first kappa shape index (κ1) is 9.37. The molecule has 0 heterocycles. The summed E-state index contributed by atoms with van der Waals surface area (Å²) in [5, 5.41) is 0. The van der Waals surface area contributed by atoms with Gasteiger partial charge >= 0.3 is 0 Å². The Balaban J connectivity index is 3.49. The second-order valence-electron chi connectivity index (χ2n) is 2.22. The molecule has 0 spiro atoms. The third-order valence-electron chi connectivity index (χ3n) is 1.23. The van der Waals surface area contributed by atoms with E-state index >= 15 is 0 Å². The van der Waals surface area contributed by atoms with E-state index in [0.29, 0.717) is 12.9 Å². The van der Waals surface area contributed by atoms with Gasteiger partial charge in [0.2, 0.25) is 0 Å². The average molecular weight is 143 g/mol. The Hall–Kier alpha value is -0.630. The second kappa shape index (κ2) is 6.49. The highest BCUT2D eigenvalue weighted by Crippen LogP contribution is 2.02. The predicted molar refractivity (Wildman–Crippen MR) is 42.3 cm³/mol. The first-order valence-corrected chi connectivity index (χ1v) is 3.44. The van der Waals surface area contributed by atoms with E-state index in [9.17, 15) is 4.39 Å². The van der Waals surface area contributed by atoms with Crippen molar-refractivity contribution in [2.75, 3.05) is 6.54 Å². The Morgan fingerprint density at radius 1 is 1.60 bits per heavy atom. The molecule has 0 fully saturated rings. The molecule has 2 N–H and O–H groups in total. The van der Waals surface area contributed by atoms with Crippen LogP contribution < -0.4 is 5.73 Å². The maximum Gasteiger partial charge on any atom is 0.0866 e. The monoisotopic (exact) mass is 143 g/mol. The van der Waals surface area contributed by atoms with Gasteiger partial charge in [-0.2, -0.15) is 0 Å². The van der Waals surface area contributed by atoms with Gasteiger partial charge in [-0.3, -0.25) is 0 Å². The molecule has 0 aliphatic rings. The molecule has 0 aromatic heterocycles. The van der Waals surface area contributed by atoms with Crippen LogP contribution in [-0.4, -0.2) is 6.54 Å². The predicted octanol–water partition coefficient (Wildman–Crippen LogP) is 2.15. The van der Waals surface area contributed by atoms with Crippen molar-refractivity contribution >= 4 is 0 Å². The summed E-state index contributed by atoms with van der Waals surface area (Å²) in [6.45, 7) is 2.67. The van der Waals surface area contributed by atoms with Crippen LogP contribution >= 0.6 is 0 Å². The highest BCUT2D eigenvalue weighted by atomic mass is 19.1. The number of nitrogens with two attached hydrogens (primary N) is 1. The Kier molecular flexibility index (Phi) is 6.08. The second-order valence-corrected chi connectivity index (χ2v) is 2.22. The number of hydrogen-bond donors (Lipinski definition) is 1. The maximum atomic E-state index is 11.4. The summed E-state index contributed by atoms with van der Waals surface area (Å²) in [6.07, 6.45) is 5.62.